The predicted molar refractivity (Wildman–Crippen MR) is 69.0 cm³/mol. The van der Waals surface area contributed by atoms with Gasteiger partial charge in [0.05, 0.1) is 15.9 Å². The average Bonchev–Trinajstić information content (AvgIpc) is 2.24. The Morgan fingerprint density at radius 1 is 1.33 bits per heavy atom. The summed E-state index contributed by atoms with van der Waals surface area (Å²) >= 11 is 2.25. The summed E-state index contributed by atoms with van der Waals surface area (Å²) in [6, 6.07) is 0. The van der Waals surface area contributed by atoms with Gasteiger partial charge < -0.3 is 10.1 Å². The molecule has 1 rings (SSSR count). The molecule has 0 amide bonds. The highest BCUT2D eigenvalue weighted by molar-refractivity contribution is 14.1. The lowest BCUT2D eigenvalue weighted by molar-refractivity contribution is 0.180. The lowest BCUT2D eigenvalue weighted by Crippen LogP contribution is -2.09. The van der Waals surface area contributed by atoms with E-state index >= 15 is 0 Å². The lowest BCUT2D eigenvalue weighted by Gasteiger charge is -2.10. The van der Waals surface area contributed by atoms with E-state index in [2.05, 4.69) is 51.7 Å². The topological polar surface area (TPSA) is 47.0 Å². The Hall–Kier alpha value is -0.430. The highest BCUT2D eigenvalue weighted by Gasteiger charge is 2.10. The first-order valence-electron chi connectivity index (χ1n) is 5.01. The minimum absolute atomic E-state index is 0.534. The zero-order valence-electron chi connectivity index (χ0n) is 9.30. The third-order valence-electron chi connectivity index (χ3n) is 1.91. The zero-order chi connectivity index (χ0) is 11.3. The molecule has 0 aliphatic carbocycles. The highest BCUT2D eigenvalue weighted by atomic mass is 127. The van der Waals surface area contributed by atoms with Crippen LogP contribution in [0.15, 0.2) is 0 Å². The fourth-order valence-corrected chi connectivity index (χ4v) is 1.81. The average molecular weight is 321 g/mol. The van der Waals surface area contributed by atoms with Gasteiger partial charge in [-0.25, -0.2) is 9.97 Å². The number of hydrogen-bond acceptors (Lipinski definition) is 4. The van der Waals surface area contributed by atoms with Crippen molar-refractivity contribution in [1.82, 2.24) is 9.97 Å². The summed E-state index contributed by atoms with van der Waals surface area (Å²) in [5, 5.41) is 3.24. The first-order valence-corrected chi connectivity index (χ1v) is 6.08. The first kappa shape index (κ1) is 12.6. The van der Waals surface area contributed by atoms with Crippen LogP contribution in [0.2, 0.25) is 0 Å². The summed E-state index contributed by atoms with van der Waals surface area (Å²) < 4.78 is 6.17. The second-order valence-corrected chi connectivity index (χ2v) is 4.14. The number of methoxy groups -OCH3 is 1. The number of nitrogens with one attached hydrogen (secondary N) is 1. The SMILES string of the molecule is CCNc1nc(CC)nc(COC)c1I. The predicted octanol–water partition coefficient (Wildman–Crippen LogP) is 2.22. The number of aryl methyl sites for hydroxylation is 1. The molecule has 0 radical (unpaired) electrons. The molecular formula is C10H16IN3O. The maximum Gasteiger partial charge on any atom is 0.143 e. The molecule has 1 heterocycles. The fourth-order valence-electron chi connectivity index (χ4n) is 1.22. The molecule has 4 nitrogen and oxygen atoms in total. The van der Waals surface area contributed by atoms with Crippen molar-refractivity contribution in [2.75, 3.05) is 19.0 Å². The maximum absolute atomic E-state index is 5.12. The maximum atomic E-state index is 5.12. The smallest absolute Gasteiger partial charge is 0.143 e. The molecule has 0 saturated heterocycles. The number of ether oxygens (including phenoxy) is 1. The molecule has 0 aromatic carbocycles. The number of nitrogens with zero attached hydrogens (tertiary/aromatic N) is 2. The fraction of sp³-hybridized carbons (Fsp3) is 0.600. The molecule has 0 unspecified atom stereocenters. The summed E-state index contributed by atoms with van der Waals surface area (Å²) in [4.78, 5) is 8.88. The lowest BCUT2D eigenvalue weighted by atomic mass is 10.3. The van der Waals surface area contributed by atoms with Crippen molar-refractivity contribution in [2.45, 2.75) is 26.9 Å². The monoisotopic (exact) mass is 321 g/mol. The first-order chi connectivity index (χ1) is 7.22. The molecule has 0 saturated carbocycles. The van der Waals surface area contributed by atoms with E-state index in [1.54, 1.807) is 7.11 Å². The van der Waals surface area contributed by atoms with Gasteiger partial charge in [-0.3, -0.25) is 0 Å². The minimum atomic E-state index is 0.534. The van der Waals surface area contributed by atoms with Crippen LogP contribution < -0.4 is 5.32 Å². The van der Waals surface area contributed by atoms with Crippen molar-refractivity contribution in [1.29, 1.82) is 0 Å². The van der Waals surface area contributed by atoms with Gasteiger partial charge in [-0.2, -0.15) is 0 Å². The zero-order valence-corrected chi connectivity index (χ0v) is 11.5. The van der Waals surface area contributed by atoms with Gasteiger partial charge in [0.2, 0.25) is 0 Å². The van der Waals surface area contributed by atoms with E-state index in [1.807, 2.05) is 0 Å². The van der Waals surface area contributed by atoms with Gasteiger partial charge in [-0.15, -0.1) is 0 Å². The number of hydrogen-bond donors (Lipinski definition) is 1. The third-order valence-corrected chi connectivity index (χ3v) is 3.04. The Kier molecular flexibility index (Phi) is 5.24. The van der Waals surface area contributed by atoms with Crippen LogP contribution in [0.25, 0.3) is 0 Å². The van der Waals surface area contributed by atoms with Crippen LogP contribution in [0.4, 0.5) is 5.82 Å². The van der Waals surface area contributed by atoms with Gasteiger partial charge in [-0.05, 0) is 29.5 Å². The summed E-state index contributed by atoms with van der Waals surface area (Å²) in [6.45, 7) is 5.50. The molecule has 1 N–H and O–H groups in total. The molecule has 1 aromatic rings. The van der Waals surface area contributed by atoms with E-state index in [0.717, 1.165) is 33.9 Å². The van der Waals surface area contributed by atoms with Crippen LogP contribution in [-0.4, -0.2) is 23.6 Å². The van der Waals surface area contributed by atoms with E-state index in [-0.39, 0.29) is 0 Å². The third kappa shape index (κ3) is 3.27. The molecule has 0 fully saturated rings. The van der Waals surface area contributed by atoms with Gasteiger partial charge in [0.15, 0.2) is 0 Å². The number of aromatic nitrogens is 2. The Morgan fingerprint density at radius 3 is 2.60 bits per heavy atom. The normalized spacial score (nSPS) is 10.4. The van der Waals surface area contributed by atoms with Gasteiger partial charge >= 0.3 is 0 Å². The molecule has 1 aromatic heterocycles. The van der Waals surface area contributed by atoms with Crippen molar-refractivity contribution in [2.24, 2.45) is 0 Å². The van der Waals surface area contributed by atoms with Crippen LogP contribution in [0.3, 0.4) is 0 Å². The van der Waals surface area contributed by atoms with E-state index in [9.17, 15) is 0 Å². The Morgan fingerprint density at radius 2 is 2.07 bits per heavy atom. The van der Waals surface area contributed by atoms with E-state index in [0.29, 0.717) is 6.61 Å². The van der Waals surface area contributed by atoms with Crippen molar-refractivity contribution < 1.29 is 4.74 Å². The van der Waals surface area contributed by atoms with Crippen molar-refractivity contribution >= 4 is 28.4 Å². The van der Waals surface area contributed by atoms with Gasteiger partial charge in [0.1, 0.15) is 11.6 Å². The summed E-state index contributed by atoms with van der Waals surface area (Å²) in [7, 11) is 1.68. The summed E-state index contributed by atoms with van der Waals surface area (Å²) in [5.41, 5.74) is 0.959. The van der Waals surface area contributed by atoms with Gasteiger partial charge in [0.25, 0.3) is 0 Å². The summed E-state index contributed by atoms with van der Waals surface area (Å²) in [5.74, 6) is 1.77. The number of halogens is 1. The number of rotatable bonds is 5. The van der Waals surface area contributed by atoms with Crippen molar-refractivity contribution in [3.8, 4) is 0 Å². The van der Waals surface area contributed by atoms with Crippen molar-refractivity contribution in [3.63, 3.8) is 0 Å². The van der Waals surface area contributed by atoms with Crippen LogP contribution >= 0.6 is 22.6 Å². The van der Waals surface area contributed by atoms with Gasteiger partial charge in [0, 0.05) is 20.1 Å². The molecule has 15 heavy (non-hydrogen) atoms. The van der Waals surface area contributed by atoms with E-state index < -0.39 is 0 Å². The Bertz CT molecular complexity index is 303. The van der Waals surface area contributed by atoms with Crippen LogP contribution in [0.1, 0.15) is 25.4 Å². The highest BCUT2D eigenvalue weighted by Crippen LogP contribution is 2.19. The molecule has 0 bridgehead atoms. The number of anilines is 1. The Labute approximate surface area is 104 Å². The molecule has 0 aliphatic heterocycles. The largest absolute Gasteiger partial charge is 0.378 e. The second kappa shape index (κ2) is 6.22. The van der Waals surface area contributed by atoms with Gasteiger partial charge in [-0.1, -0.05) is 6.92 Å². The minimum Gasteiger partial charge on any atom is -0.378 e. The standard InChI is InChI=1S/C10H16IN3O/c1-4-8-13-7(6-15-3)9(11)10(14-8)12-5-2/h4-6H2,1-3H3,(H,12,13,14). The molecule has 0 atom stereocenters. The van der Waals surface area contributed by atoms with Crippen LogP contribution in [0, 0.1) is 3.57 Å². The van der Waals surface area contributed by atoms with E-state index in [1.165, 1.54) is 0 Å². The second-order valence-electron chi connectivity index (χ2n) is 3.07. The van der Waals surface area contributed by atoms with Crippen LogP contribution in [0.5, 0.6) is 0 Å². The molecule has 0 spiro atoms. The quantitative estimate of drug-likeness (QED) is 0.845. The van der Waals surface area contributed by atoms with E-state index in [4.69, 9.17) is 4.74 Å². The summed E-state index contributed by atoms with van der Waals surface area (Å²) in [6.07, 6.45) is 0.839. The van der Waals surface area contributed by atoms with Crippen molar-refractivity contribution in [3.05, 3.63) is 15.1 Å². The molecule has 0 aliphatic rings. The molecule has 5 heteroatoms. The Balaban J connectivity index is 3.08. The molecular weight excluding hydrogens is 305 g/mol. The molecule has 84 valence electrons. The van der Waals surface area contributed by atoms with Crippen LogP contribution in [-0.2, 0) is 17.8 Å².